The highest BCUT2D eigenvalue weighted by molar-refractivity contribution is 5.54. The van der Waals surface area contributed by atoms with Gasteiger partial charge < -0.3 is 15.6 Å². The van der Waals surface area contributed by atoms with E-state index in [-0.39, 0.29) is 6.15 Å². The SMILES string of the molecule is COc1ccc2c(c1OC)CC2.N. The fourth-order valence-corrected chi connectivity index (χ4v) is 1.62. The van der Waals surface area contributed by atoms with Crippen molar-refractivity contribution in [1.29, 1.82) is 0 Å². The average molecular weight is 181 g/mol. The van der Waals surface area contributed by atoms with E-state index in [1.807, 2.05) is 6.07 Å². The van der Waals surface area contributed by atoms with Gasteiger partial charge in [-0.3, -0.25) is 0 Å². The van der Waals surface area contributed by atoms with Gasteiger partial charge in [0.15, 0.2) is 11.5 Å². The zero-order valence-corrected chi connectivity index (χ0v) is 8.09. The molecule has 0 bridgehead atoms. The molecule has 13 heavy (non-hydrogen) atoms. The van der Waals surface area contributed by atoms with E-state index < -0.39 is 0 Å². The van der Waals surface area contributed by atoms with Gasteiger partial charge in [0.2, 0.25) is 0 Å². The standard InChI is InChI=1S/C10H12O2.H3N/c1-11-9-6-4-7-3-5-8(7)10(9)12-2;/h4,6H,3,5H2,1-2H3;1H3. The highest BCUT2D eigenvalue weighted by Crippen LogP contribution is 2.38. The third-order valence-corrected chi connectivity index (χ3v) is 2.39. The third-order valence-electron chi connectivity index (χ3n) is 2.39. The molecule has 0 atom stereocenters. The Morgan fingerprint density at radius 3 is 2.31 bits per heavy atom. The van der Waals surface area contributed by atoms with E-state index in [1.54, 1.807) is 14.2 Å². The van der Waals surface area contributed by atoms with Crippen molar-refractivity contribution in [1.82, 2.24) is 6.15 Å². The highest BCUT2D eigenvalue weighted by atomic mass is 16.5. The van der Waals surface area contributed by atoms with Gasteiger partial charge in [0.05, 0.1) is 14.2 Å². The summed E-state index contributed by atoms with van der Waals surface area (Å²) in [4.78, 5) is 0. The lowest BCUT2D eigenvalue weighted by Crippen LogP contribution is -2.10. The third kappa shape index (κ3) is 1.35. The number of hydrogen-bond acceptors (Lipinski definition) is 3. The number of fused-ring (bicyclic) bond motifs is 1. The Morgan fingerprint density at radius 1 is 1.08 bits per heavy atom. The first kappa shape index (κ1) is 9.86. The molecule has 72 valence electrons. The van der Waals surface area contributed by atoms with Gasteiger partial charge >= 0.3 is 0 Å². The van der Waals surface area contributed by atoms with Crippen LogP contribution in [0, 0.1) is 0 Å². The summed E-state index contributed by atoms with van der Waals surface area (Å²) < 4.78 is 10.5. The molecular formula is C10H15NO2. The number of rotatable bonds is 2. The predicted molar refractivity (Wildman–Crippen MR) is 52.0 cm³/mol. The van der Waals surface area contributed by atoms with Gasteiger partial charge in [-0.15, -0.1) is 0 Å². The van der Waals surface area contributed by atoms with Crippen molar-refractivity contribution in [3.63, 3.8) is 0 Å². The van der Waals surface area contributed by atoms with Crippen molar-refractivity contribution >= 4 is 0 Å². The summed E-state index contributed by atoms with van der Waals surface area (Å²) in [6.45, 7) is 0. The summed E-state index contributed by atoms with van der Waals surface area (Å²) in [6, 6.07) is 4.08. The van der Waals surface area contributed by atoms with E-state index in [9.17, 15) is 0 Å². The maximum atomic E-state index is 5.27. The van der Waals surface area contributed by atoms with Gasteiger partial charge in [-0.1, -0.05) is 6.07 Å². The highest BCUT2D eigenvalue weighted by Gasteiger charge is 2.20. The minimum Gasteiger partial charge on any atom is -0.493 e. The summed E-state index contributed by atoms with van der Waals surface area (Å²) >= 11 is 0. The predicted octanol–water partition coefficient (Wildman–Crippen LogP) is 1.96. The lowest BCUT2D eigenvalue weighted by Gasteiger charge is -2.22. The van der Waals surface area contributed by atoms with Crippen LogP contribution < -0.4 is 15.6 Å². The fourth-order valence-electron chi connectivity index (χ4n) is 1.62. The van der Waals surface area contributed by atoms with Gasteiger partial charge in [0.25, 0.3) is 0 Å². The zero-order chi connectivity index (χ0) is 8.55. The molecule has 0 fully saturated rings. The molecule has 3 heteroatoms. The smallest absolute Gasteiger partial charge is 0.164 e. The van der Waals surface area contributed by atoms with Gasteiger partial charge in [-0.25, -0.2) is 0 Å². The molecule has 1 aromatic rings. The molecule has 1 aromatic carbocycles. The summed E-state index contributed by atoms with van der Waals surface area (Å²) in [5, 5.41) is 0. The molecule has 1 aliphatic rings. The van der Waals surface area contributed by atoms with E-state index in [4.69, 9.17) is 9.47 Å². The molecule has 0 amide bonds. The normalized spacial score (nSPS) is 12.2. The maximum Gasteiger partial charge on any atom is 0.164 e. The summed E-state index contributed by atoms with van der Waals surface area (Å²) in [7, 11) is 3.36. The zero-order valence-electron chi connectivity index (χ0n) is 8.09. The Kier molecular flexibility index (Phi) is 2.78. The molecule has 0 aromatic heterocycles. The second-order valence-corrected chi connectivity index (χ2v) is 2.94. The number of benzene rings is 1. The first-order chi connectivity index (χ1) is 5.86. The number of hydrogen-bond donors (Lipinski definition) is 1. The Morgan fingerprint density at radius 2 is 1.85 bits per heavy atom. The molecule has 2 rings (SSSR count). The van der Waals surface area contributed by atoms with E-state index >= 15 is 0 Å². The molecule has 0 aliphatic heterocycles. The Labute approximate surface area is 78.2 Å². The second kappa shape index (κ2) is 3.66. The minimum atomic E-state index is 0. The monoisotopic (exact) mass is 181 g/mol. The van der Waals surface area contributed by atoms with Crippen LogP contribution >= 0.6 is 0 Å². The van der Waals surface area contributed by atoms with Crippen LogP contribution in [-0.4, -0.2) is 14.2 Å². The van der Waals surface area contributed by atoms with Crippen LogP contribution in [0.15, 0.2) is 12.1 Å². The van der Waals surface area contributed by atoms with Crippen molar-refractivity contribution in [2.75, 3.05) is 14.2 Å². The molecule has 1 aliphatic carbocycles. The first-order valence-corrected chi connectivity index (χ1v) is 4.09. The topological polar surface area (TPSA) is 53.5 Å². The molecule has 0 radical (unpaired) electrons. The van der Waals surface area contributed by atoms with Crippen molar-refractivity contribution in [2.45, 2.75) is 12.8 Å². The Hall–Kier alpha value is -1.22. The van der Waals surface area contributed by atoms with Gasteiger partial charge in [0, 0.05) is 5.56 Å². The molecular weight excluding hydrogens is 166 g/mol. The molecule has 3 nitrogen and oxygen atoms in total. The summed E-state index contributed by atoms with van der Waals surface area (Å²) in [6.07, 6.45) is 2.30. The van der Waals surface area contributed by atoms with E-state index in [1.165, 1.54) is 17.5 Å². The van der Waals surface area contributed by atoms with Gasteiger partial charge in [-0.05, 0) is 24.5 Å². The van der Waals surface area contributed by atoms with Crippen LogP contribution in [0.5, 0.6) is 11.5 Å². The van der Waals surface area contributed by atoms with E-state index in [0.717, 1.165) is 17.9 Å². The molecule has 0 saturated heterocycles. The molecule has 0 saturated carbocycles. The summed E-state index contributed by atoms with van der Waals surface area (Å²) in [5.74, 6) is 1.76. The van der Waals surface area contributed by atoms with Crippen molar-refractivity contribution in [3.05, 3.63) is 23.3 Å². The minimum absolute atomic E-state index is 0. The van der Waals surface area contributed by atoms with Gasteiger partial charge in [-0.2, -0.15) is 0 Å². The van der Waals surface area contributed by atoms with Crippen LogP contribution in [0.3, 0.4) is 0 Å². The van der Waals surface area contributed by atoms with E-state index in [0.29, 0.717) is 0 Å². The quantitative estimate of drug-likeness (QED) is 0.758. The van der Waals surface area contributed by atoms with Crippen LogP contribution in [0.4, 0.5) is 0 Å². The molecule has 0 unspecified atom stereocenters. The van der Waals surface area contributed by atoms with Crippen molar-refractivity contribution in [2.24, 2.45) is 0 Å². The Bertz CT molecular complexity index is 310. The lowest BCUT2D eigenvalue weighted by molar-refractivity contribution is 0.348. The first-order valence-electron chi connectivity index (χ1n) is 4.09. The largest absolute Gasteiger partial charge is 0.493 e. The Balaban J connectivity index is 0.000000845. The number of ether oxygens (including phenoxy) is 2. The maximum absolute atomic E-state index is 5.27. The van der Waals surface area contributed by atoms with Crippen LogP contribution in [0.2, 0.25) is 0 Å². The van der Waals surface area contributed by atoms with Gasteiger partial charge in [0.1, 0.15) is 0 Å². The molecule has 3 N–H and O–H groups in total. The lowest BCUT2D eigenvalue weighted by atomic mass is 9.87. The molecule has 0 heterocycles. The van der Waals surface area contributed by atoms with Crippen molar-refractivity contribution < 1.29 is 9.47 Å². The number of methoxy groups -OCH3 is 2. The average Bonchev–Trinajstić information content (AvgIpc) is 2.06. The molecule has 0 spiro atoms. The van der Waals surface area contributed by atoms with E-state index in [2.05, 4.69) is 6.07 Å². The number of aryl methyl sites for hydroxylation is 1. The van der Waals surface area contributed by atoms with Crippen LogP contribution in [0.1, 0.15) is 11.1 Å². The fraction of sp³-hybridized carbons (Fsp3) is 0.400. The second-order valence-electron chi connectivity index (χ2n) is 2.94. The van der Waals surface area contributed by atoms with Crippen molar-refractivity contribution in [3.8, 4) is 11.5 Å². The van der Waals surface area contributed by atoms with Crippen LogP contribution in [-0.2, 0) is 12.8 Å². The van der Waals surface area contributed by atoms with Crippen LogP contribution in [0.25, 0.3) is 0 Å². The summed E-state index contributed by atoms with van der Waals surface area (Å²) in [5.41, 5.74) is 2.71.